The highest BCUT2D eigenvalue weighted by atomic mass is 32.1. The van der Waals surface area contributed by atoms with Crippen molar-refractivity contribution in [2.75, 3.05) is 0 Å². The number of nitrogens with one attached hydrogen (secondary N) is 1. The molecule has 200 valence electrons. The molecular formula is C31H34N6OS. The molecule has 6 rings (SSSR count). The van der Waals surface area contributed by atoms with Gasteiger partial charge in [-0.15, -0.1) is 16.4 Å². The van der Waals surface area contributed by atoms with Crippen LogP contribution in [0.4, 0.5) is 0 Å². The van der Waals surface area contributed by atoms with Crippen molar-refractivity contribution in [2.24, 2.45) is 0 Å². The Morgan fingerprint density at radius 1 is 1.00 bits per heavy atom. The van der Waals surface area contributed by atoms with E-state index in [1.165, 1.54) is 35.3 Å². The van der Waals surface area contributed by atoms with Crippen LogP contribution in [-0.4, -0.2) is 30.1 Å². The third kappa shape index (κ3) is 5.44. The molecule has 1 fully saturated rings. The van der Waals surface area contributed by atoms with Gasteiger partial charge in [0.05, 0.1) is 6.04 Å². The third-order valence-corrected chi connectivity index (χ3v) is 8.86. The minimum absolute atomic E-state index is 0.0989. The van der Waals surface area contributed by atoms with E-state index in [9.17, 15) is 4.79 Å². The van der Waals surface area contributed by atoms with E-state index in [1.807, 2.05) is 10.7 Å². The number of thiophene rings is 1. The Morgan fingerprint density at radius 3 is 2.56 bits per heavy atom. The van der Waals surface area contributed by atoms with Gasteiger partial charge in [-0.1, -0.05) is 55.7 Å². The number of pyridine rings is 1. The molecule has 39 heavy (non-hydrogen) atoms. The first-order chi connectivity index (χ1) is 19.1. The zero-order chi connectivity index (χ0) is 26.8. The summed E-state index contributed by atoms with van der Waals surface area (Å²) in [7, 11) is 0. The van der Waals surface area contributed by atoms with E-state index in [0.29, 0.717) is 18.7 Å². The fourth-order valence-electron chi connectivity index (χ4n) is 5.82. The van der Waals surface area contributed by atoms with Crippen LogP contribution in [0.15, 0.2) is 70.8 Å². The Balaban J connectivity index is 1.53. The van der Waals surface area contributed by atoms with Crippen molar-refractivity contribution in [1.82, 2.24) is 30.1 Å². The van der Waals surface area contributed by atoms with Crippen molar-refractivity contribution in [1.29, 1.82) is 0 Å². The maximum atomic E-state index is 13.9. The van der Waals surface area contributed by atoms with E-state index in [1.54, 1.807) is 11.3 Å². The average molecular weight is 539 g/mol. The fraction of sp³-hybridized carbons (Fsp3) is 0.355. The highest BCUT2D eigenvalue weighted by Crippen LogP contribution is 2.35. The number of aromatic nitrogens is 5. The molecule has 1 aliphatic carbocycles. The quantitative estimate of drug-likeness (QED) is 0.244. The Morgan fingerprint density at radius 2 is 1.79 bits per heavy atom. The second kappa shape index (κ2) is 11.2. The second-order valence-corrected chi connectivity index (χ2v) is 11.8. The zero-order valence-corrected chi connectivity index (χ0v) is 23.3. The molecule has 8 heteroatoms. The highest BCUT2D eigenvalue weighted by Gasteiger charge is 2.33. The van der Waals surface area contributed by atoms with Gasteiger partial charge in [-0.05, 0) is 88.8 Å². The number of nitrogens with zero attached hydrogens (tertiary/aromatic N) is 5. The molecule has 3 heterocycles. The standard InChI is InChI=1S/C31H34N6OS/c1-21-16-24-18-27(31(38)32-28(24)17-22(21)2)29(30-33-34-35-37(30)25-12-7-4-8-13-25)36(20-26-14-9-15-39-26)19-23-10-5-3-6-11-23/h3,5-6,9-11,14-18,25,29H,4,7-8,12-13,19-20H2,1-2H3,(H,32,38)/t29-/m0/s1. The first kappa shape index (κ1) is 25.6. The lowest BCUT2D eigenvalue weighted by molar-refractivity contribution is 0.188. The summed E-state index contributed by atoms with van der Waals surface area (Å²) in [5.41, 5.74) is 4.96. The smallest absolute Gasteiger partial charge is 0.253 e. The Labute approximate surface area is 232 Å². The van der Waals surface area contributed by atoms with Gasteiger partial charge in [0.1, 0.15) is 6.04 Å². The van der Waals surface area contributed by atoms with Gasteiger partial charge in [-0.2, -0.15) is 0 Å². The van der Waals surface area contributed by atoms with E-state index < -0.39 is 6.04 Å². The summed E-state index contributed by atoms with van der Waals surface area (Å²) in [6.07, 6.45) is 5.71. The van der Waals surface area contributed by atoms with Crippen LogP contribution in [0.3, 0.4) is 0 Å². The molecule has 0 saturated heterocycles. The van der Waals surface area contributed by atoms with Gasteiger partial charge in [0.25, 0.3) is 5.56 Å². The van der Waals surface area contributed by atoms with Gasteiger partial charge >= 0.3 is 0 Å². The summed E-state index contributed by atoms with van der Waals surface area (Å²) in [5.74, 6) is 0.739. The van der Waals surface area contributed by atoms with Crippen LogP contribution >= 0.6 is 11.3 Å². The molecule has 0 amide bonds. The summed E-state index contributed by atoms with van der Waals surface area (Å²) < 4.78 is 2.01. The molecule has 7 nitrogen and oxygen atoms in total. The Kier molecular flexibility index (Phi) is 7.39. The van der Waals surface area contributed by atoms with Crippen LogP contribution in [-0.2, 0) is 13.1 Å². The zero-order valence-electron chi connectivity index (χ0n) is 22.5. The topological polar surface area (TPSA) is 79.7 Å². The summed E-state index contributed by atoms with van der Waals surface area (Å²) >= 11 is 1.73. The number of aromatic amines is 1. The maximum absolute atomic E-state index is 13.9. The lowest BCUT2D eigenvalue weighted by Gasteiger charge is -2.32. The van der Waals surface area contributed by atoms with Gasteiger partial charge in [0, 0.05) is 29.0 Å². The van der Waals surface area contributed by atoms with Crippen molar-refractivity contribution in [3.8, 4) is 0 Å². The fourth-order valence-corrected chi connectivity index (χ4v) is 6.55. The van der Waals surface area contributed by atoms with Crippen molar-refractivity contribution in [3.05, 3.63) is 109 Å². The second-order valence-electron chi connectivity index (χ2n) is 10.7. The van der Waals surface area contributed by atoms with Crippen LogP contribution < -0.4 is 5.56 Å². The van der Waals surface area contributed by atoms with Gasteiger partial charge in [-0.3, -0.25) is 9.69 Å². The van der Waals surface area contributed by atoms with E-state index in [-0.39, 0.29) is 11.6 Å². The summed E-state index contributed by atoms with van der Waals surface area (Å²) in [4.78, 5) is 20.6. The molecule has 1 atom stereocenters. The maximum Gasteiger partial charge on any atom is 0.253 e. The minimum atomic E-state index is -0.418. The Bertz CT molecular complexity index is 1600. The minimum Gasteiger partial charge on any atom is -0.322 e. The lowest BCUT2D eigenvalue weighted by Crippen LogP contribution is -2.35. The molecule has 0 aliphatic heterocycles. The largest absolute Gasteiger partial charge is 0.322 e. The number of rotatable bonds is 8. The molecule has 2 aromatic carbocycles. The summed E-state index contributed by atoms with van der Waals surface area (Å²) in [6, 6.07) is 20.8. The van der Waals surface area contributed by atoms with Gasteiger partial charge < -0.3 is 4.98 Å². The molecule has 0 bridgehead atoms. The van der Waals surface area contributed by atoms with Crippen LogP contribution in [0.1, 0.15) is 77.1 Å². The van der Waals surface area contributed by atoms with Crippen LogP contribution in [0.25, 0.3) is 10.9 Å². The SMILES string of the molecule is Cc1cc2cc([C@@H](c3nnnn3C3CCCCC3)N(Cc3ccccc3)Cc3cccs3)c(=O)[nH]c2cc1C. The number of aryl methyl sites for hydroxylation is 2. The number of H-pyrrole nitrogens is 1. The first-order valence-corrected chi connectivity index (χ1v) is 14.7. The predicted octanol–water partition coefficient (Wildman–Crippen LogP) is 6.49. The van der Waals surface area contributed by atoms with Gasteiger partial charge in [-0.25, -0.2) is 4.68 Å². The number of hydrogen-bond acceptors (Lipinski definition) is 6. The lowest BCUT2D eigenvalue weighted by atomic mass is 9.95. The first-order valence-electron chi connectivity index (χ1n) is 13.8. The monoisotopic (exact) mass is 538 g/mol. The normalized spacial score (nSPS) is 15.3. The van der Waals surface area contributed by atoms with Crippen molar-refractivity contribution >= 4 is 22.2 Å². The van der Waals surface area contributed by atoms with Crippen LogP contribution in [0.5, 0.6) is 0 Å². The molecule has 0 radical (unpaired) electrons. The van der Waals surface area contributed by atoms with Crippen LogP contribution in [0, 0.1) is 13.8 Å². The highest BCUT2D eigenvalue weighted by molar-refractivity contribution is 7.09. The number of tetrazole rings is 1. The number of fused-ring (bicyclic) bond motifs is 1. The van der Waals surface area contributed by atoms with Crippen molar-refractivity contribution in [2.45, 2.75) is 71.1 Å². The van der Waals surface area contributed by atoms with E-state index in [4.69, 9.17) is 0 Å². The summed E-state index contributed by atoms with van der Waals surface area (Å²) in [5, 5.41) is 16.4. The Hall–Kier alpha value is -3.62. The molecule has 0 spiro atoms. The number of hydrogen-bond donors (Lipinski definition) is 1. The van der Waals surface area contributed by atoms with Crippen LogP contribution in [0.2, 0.25) is 0 Å². The third-order valence-electron chi connectivity index (χ3n) is 8.00. The molecular weight excluding hydrogens is 504 g/mol. The molecule has 5 aromatic rings. The summed E-state index contributed by atoms with van der Waals surface area (Å²) in [6.45, 7) is 5.52. The van der Waals surface area contributed by atoms with Gasteiger partial charge in [0.2, 0.25) is 0 Å². The average Bonchev–Trinajstić information content (AvgIpc) is 3.64. The van der Waals surface area contributed by atoms with Gasteiger partial charge in [0.15, 0.2) is 5.82 Å². The molecule has 1 saturated carbocycles. The van der Waals surface area contributed by atoms with Crippen molar-refractivity contribution < 1.29 is 0 Å². The van der Waals surface area contributed by atoms with E-state index >= 15 is 0 Å². The molecule has 0 unspecified atom stereocenters. The number of benzene rings is 2. The predicted molar refractivity (Wildman–Crippen MR) is 156 cm³/mol. The molecule has 1 N–H and O–H groups in total. The molecule has 3 aromatic heterocycles. The van der Waals surface area contributed by atoms with Crippen molar-refractivity contribution in [3.63, 3.8) is 0 Å². The van der Waals surface area contributed by atoms with E-state index in [0.717, 1.165) is 35.1 Å². The van der Waals surface area contributed by atoms with E-state index in [2.05, 4.69) is 99.2 Å². The molecule has 1 aliphatic rings.